The third kappa shape index (κ3) is 8.84. The van der Waals surface area contributed by atoms with E-state index in [1.54, 1.807) is 18.7 Å². The number of nitrogens with zero attached hydrogens (tertiary/aromatic N) is 1. The number of para-hydroxylation sites is 1. The van der Waals surface area contributed by atoms with Crippen molar-refractivity contribution in [1.82, 2.24) is 5.32 Å². The predicted molar refractivity (Wildman–Crippen MR) is 124 cm³/mol. The molecule has 1 heterocycles. The van der Waals surface area contributed by atoms with Gasteiger partial charge in [0.1, 0.15) is 0 Å². The molecule has 0 fully saturated rings. The molecule has 0 spiro atoms. The van der Waals surface area contributed by atoms with Gasteiger partial charge in [0.15, 0.2) is 0 Å². The largest absolute Gasteiger partial charge is 0.473 e. The average molecular weight is 465 g/mol. The number of halogens is 1. The van der Waals surface area contributed by atoms with Crippen LogP contribution in [-0.4, -0.2) is 48.2 Å². The molecule has 3 N–H and O–H groups in total. The second-order valence-electron chi connectivity index (χ2n) is 6.21. The minimum atomic E-state index is -1.82. The van der Waals surface area contributed by atoms with Gasteiger partial charge in [0.25, 0.3) is 0 Å². The second kappa shape index (κ2) is 13.5. The van der Waals surface area contributed by atoms with Gasteiger partial charge in [-0.3, -0.25) is 4.79 Å². The van der Waals surface area contributed by atoms with E-state index >= 15 is 0 Å². The van der Waals surface area contributed by atoms with Crippen molar-refractivity contribution in [1.29, 1.82) is 0 Å². The van der Waals surface area contributed by atoms with Crippen molar-refractivity contribution >= 4 is 46.9 Å². The van der Waals surface area contributed by atoms with Crippen LogP contribution in [-0.2, 0) is 14.4 Å². The minimum Gasteiger partial charge on any atom is -0.473 e. The summed E-state index contributed by atoms with van der Waals surface area (Å²) >= 11 is 7.74. The van der Waals surface area contributed by atoms with Gasteiger partial charge in [0, 0.05) is 29.9 Å². The Labute approximate surface area is 190 Å². The molecule has 0 saturated carbocycles. The van der Waals surface area contributed by atoms with E-state index in [9.17, 15) is 4.79 Å². The van der Waals surface area contributed by atoms with E-state index in [0.29, 0.717) is 6.54 Å². The first-order valence-electron chi connectivity index (χ1n) is 9.22. The van der Waals surface area contributed by atoms with Gasteiger partial charge in [-0.25, -0.2) is 9.59 Å². The number of likely N-dealkylation sites (N-methyl/N-ethyl adjacent to an activating group) is 1. The first-order chi connectivity index (χ1) is 14.7. The number of carbonyl (C=O) groups is 3. The van der Waals surface area contributed by atoms with E-state index in [0.717, 1.165) is 22.2 Å². The molecule has 0 radical (unpaired) electrons. The van der Waals surface area contributed by atoms with Crippen molar-refractivity contribution in [3.05, 3.63) is 71.8 Å². The van der Waals surface area contributed by atoms with Crippen molar-refractivity contribution < 1.29 is 24.6 Å². The quantitative estimate of drug-likeness (QED) is 0.464. The molecule has 7 nitrogen and oxygen atoms in total. The molecule has 0 saturated heterocycles. The van der Waals surface area contributed by atoms with E-state index in [-0.39, 0.29) is 11.2 Å². The first-order valence-corrected chi connectivity index (χ1v) is 10.5. The third-order valence-electron chi connectivity index (χ3n) is 3.93. The molecule has 166 valence electrons. The molecule has 0 aromatic heterocycles. The SMILES string of the molecule is C=CCNC.CC(=O)N1CC(c2ccc(Cl)cc2)Sc2ccccc21.O=C(O)C(=O)O. The summed E-state index contributed by atoms with van der Waals surface area (Å²) in [5, 5.41) is 18.7. The summed E-state index contributed by atoms with van der Waals surface area (Å²) in [6.07, 6.45) is 1.82. The molecule has 31 heavy (non-hydrogen) atoms. The molecule has 1 unspecified atom stereocenters. The van der Waals surface area contributed by atoms with E-state index in [4.69, 9.17) is 31.4 Å². The summed E-state index contributed by atoms with van der Waals surface area (Å²) in [5.74, 6) is -3.57. The standard InChI is InChI=1S/C16H14ClNOS.C4H9N.C2H2O4/c1-11(19)18-10-16(12-6-8-13(17)9-7-12)20-15-5-3-2-4-14(15)18;1-3-4-5-2;3-1(4)2(5)6/h2-9,16H,10H2,1H3;3,5H,1,4H2,2H3;(H,3,4)(H,5,6). The van der Waals surface area contributed by atoms with Gasteiger partial charge in [-0.2, -0.15) is 0 Å². The Kier molecular flexibility index (Phi) is 11.4. The van der Waals surface area contributed by atoms with Crippen LogP contribution in [0.4, 0.5) is 5.69 Å². The fourth-order valence-corrected chi connectivity index (χ4v) is 3.93. The van der Waals surface area contributed by atoms with Crippen LogP contribution < -0.4 is 10.2 Å². The Bertz CT molecular complexity index is 893. The van der Waals surface area contributed by atoms with Gasteiger partial charge >= 0.3 is 11.9 Å². The minimum absolute atomic E-state index is 0.0803. The van der Waals surface area contributed by atoms with Gasteiger partial charge in [0.05, 0.1) is 10.9 Å². The summed E-state index contributed by atoms with van der Waals surface area (Å²) in [4.78, 5) is 33.1. The Morgan fingerprint density at radius 3 is 2.19 bits per heavy atom. The Hall–Kier alpha value is -2.81. The number of carboxylic acids is 2. The van der Waals surface area contributed by atoms with Crippen LogP contribution in [0.2, 0.25) is 5.02 Å². The number of nitrogens with one attached hydrogen (secondary N) is 1. The lowest BCUT2D eigenvalue weighted by atomic mass is 10.1. The van der Waals surface area contributed by atoms with Crippen molar-refractivity contribution in [3.8, 4) is 0 Å². The summed E-state index contributed by atoms with van der Waals surface area (Å²) < 4.78 is 0. The summed E-state index contributed by atoms with van der Waals surface area (Å²) in [5.41, 5.74) is 2.20. The van der Waals surface area contributed by atoms with E-state index in [2.05, 4.69) is 18.0 Å². The number of amides is 1. The van der Waals surface area contributed by atoms with Gasteiger partial charge < -0.3 is 20.4 Å². The fraction of sp³-hybridized carbons (Fsp3) is 0.227. The van der Waals surface area contributed by atoms with Crippen LogP contribution in [0.3, 0.4) is 0 Å². The van der Waals surface area contributed by atoms with E-state index in [1.165, 1.54) is 5.56 Å². The maximum absolute atomic E-state index is 11.9. The number of rotatable bonds is 3. The number of benzene rings is 2. The summed E-state index contributed by atoms with van der Waals surface area (Å²) in [7, 11) is 1.89. The highest BCUT2D eigenvalue weighted by Gasteiger charge is 2.28. The Morgan fingerprint density at radius 1 is 1.16 bits per heavy atom. The molecule has 3 rings (SSSR count). The van der Waals surface area contributed by atoms with Gasteiger partial charge in [0.2, 0.25) is 5.91 Å². The van der Waals surface area contributed by atoms with Crippen LogP contribution in [0.5, 0.6) is 0 Å². The van der Waals surface area contributed by atoms with Crippen LogP contribution in [0.15, 0.2) is 66.1 Å². The zero-order chi connectivity index (χ0) is 23.4. The lowest BCUT2D eigenvalue weighted by molar-refractivity contribution is -0.159. The van der Waals surface area contributed by atoms with E-state index in [1.807, 2.05) is 60.5 Å². The topological polar surface area (TPSA) is 107 Å². The third-order valence-corrected chi connectivity index (χ3v) is 5.48. The molecule has 2 aromatic carbocycles. The first kappa shape index (κ1) is 26.2. The number of aliphatic carboxylic acids is 2. The molecule has 0 bridgehead atoms. The normalized spacial score (nSPS) is 14.0. The van der Waals surface area contributed by atoms with Crippen molar-refractivity contribution in [3.63, 3.8) is 0 Å². The highest BCUT2D eigenvalue weighted by Crippen LogP contribution is 2.45. The lowest BCUT2D eigenvalue weighted by Gasteiger charge is -2.33. The molecule has 2 aromatic rings. The molecule has 1 amide bonds. The second-order valence-corrected chi connectivity index (χ2v) is 7.89. The van der Waals surface area contributed by atoms with Gasteiger partial charge in [-0.15, -0.1) is 18.3 Å². The molecule has 1 aliphatic rings. The lowest BCUT2D eigenvalue weighted by Crippen LogP contribution is -2.34. The van der Waals surface area contributed by atoms with Gasteiger partial charge in [-0.1, -0.05) is 41.9 Å². The maximum atomic E-state index is 11.9. The van der Waals surface area contributed by atoms with Crippen LogP contribution in [0.25, 0.3) is 0 Å². The summed E-state index contributed by atoms with van der Waals surface area (Å²) in [6, 6.07) is 15.9. The smallest absolute Gasteiger partial charge is 0.414 e. The van der Waals surface area contributed by atoms with Crippen molar-refractivity contribution in [2.45, 2.75) is 17.1 Å². The number of anilines is 1. The number of hydrogen-bond acceptors (Lipinski definition) is 5. The number of fused-ring (bicyclic) bond motifs is 1. The zero-order valence-electron chi connectivity index (χ0n) is 17.2. The molecular formula is C22H25ClN2O5S. The van der Waals surface area contributed by atoms with Crippen molar-refractivity contribution in [2.24, 2.45) is 0 Å². The molecule has 1 aliphatic heterocycles. The average Bonchev–Trinajstić information content (AvgIpc) is 2.74. The van der Waals surface area contributed by atoms with Crippen molar-refractivity contribution in [2.75, 3.05) is 25.0 Å². The molecular weight excluding hydrogens is 440 g/mol. The summed E-state index contributed by atoms with van der Waals surface area (Å²) in [6.45, 7) is 6.70. The van der Waals surface area contributed by atoms with Gasteiger partial charge in [-0.05, 0) is 36.9 Å². The predicted octanol–water partition coefficient (Wildman–Crippen LogP) is 4.09. The van der Waals surface area contributed by atoms with Crippen LogP contribution in [0.1, 0.15) is 17.7 Å². The highest BCUT2D eigenvalue weighted by molar-refractivity contribution is 7.99. The maximum Gasteiger partial charge on any atom is 0.414 e. The Morgan fingerprint density at radius 2 is 1.74 bits per heavy atom. The fourth-order valence-electron chi connectivity index (χ4n) is 2.53. The zero-order valence-corrected chi connectivity index (χ0v) is 18.8. The molecule has 9 heteroatoms. The number of carbonyl (C=O) groups excluding carboxylic acids is 1. The molecule has 1 atom stereocenters. The number of thioether (sulfide) groups is 1. The number of carboxylic acid groups (broad SMARTS) is 2. The monoisotopic (exact) mass is 464 g/mol. The number of hydrogen-bond donors (Lipinski definition) is 3. The van der Waals surface area contributed by atoms with Crippen LogP contribution in [0, 0.1) is 0 Å². The van der Waals surface area contributed by atoms with E-state index < -0.39 is 11.9 Å². The Balaban J connectivity index is 0.000000365. The molecule has 0 aliphatic carbocycles. The van der Waals surface area contributed by atoms with Crippen LogP contribution >= 0.6 is 23.4 Å². The highest BCUT2D eigenvalue weighted by atomic mass is 35.5.